The fraction of sp³-hybridized carbons (Fsp3) is 0.917. The van der Waals surface area contributed by atoms with Crippen LogP contribution in [0.15, 0.2) is 0 Å². The largest absolute Gasteiger partial charge is 0.380 e. The van der Waals surface area contributed by atoms with Crippen LogP contribution in [0, 0.1) is 5.92 Å². The van der Waals surface area contributed by atoms with Gasteiger partial charge in [0.2, 0.25) is 0 Å². The molecule has 0 bridgehead atoms. The molecule has 6 heteroatoms. The van der Waals surface area contributed by atoms with Crippen molar-refractivity contribution in [1.29, 1.82) is 0 Å². The first-order valence-electron chi connectivity index (χ1n) is 6.65. The molecule has 18 heavy (non-hydrogen) atoms. The molecule has 0 saturated heterocycles. The third-order valence-electron chi connectivity index (χ3n) is 2.56. The number of rotatable bonds is 9. The monoisotopic (exact) mass is 255 g/mol. The molecular weight excluding hydrogens is 230 g/mol. The second kappa shape index (κ2) is 8.16. The number of tetrazole rings is 1. The van der Waals surface area contributed by atoms with Crippen molar-refractivity contribution in [2.45, 2.75) is 53.2 Å². The zero-order valence-electron chi connectivity index (χ0n) is 11.9. The lowest BCUT2D eigenvalue weighted by atomic mass is 10.1. The van der Waals surface area contributed by atoms with Gasteiger partial charge in [0.1, 0.15) is 0 Å². The standard InChI is InChI=1S/C12H25N5O/c1-10(2)5-7-18-8-6-17-12(14-15-16-17)9-13-11(3)4/h10-11,13H,5-9H2,1-4H3. The van der Waals surface area contributed by atoms with Gasteiger partial charge in [-0.25, -0.2) is 4.68 Å². The van der Waals surface area contributed by atoms with Gasteiger partial charge in [0, 0.05) is 12.6 Å². The summed E-state index contributed by atoms with van der Waals surface area (Å²) in [5.74, 6) is 1.54. The maximum Gasteiger partial charge on any atom is 0.165 e. The lowest BCUT2D eigenvalue weighted by Gasteiger charge is -2.09. The molecule has 0 aliphatic rings. The van der Waals surface area contributed by atoms with Gasteiger partial charge >= 0.3 is 0 Å². The molecule has 104 valence electrons. The number of hydrogen-bond acceptors (Lipinski definition) is 5. The summed E-state index contributed by atoms with van der Waals surface area (Å²) < 4.78 is 7.36. The highest BCUT2D eigenvalue weighted by molar-refractivity contribution is 4.80. The lowest BCUT2D eigenvalue weighted by Crippen LogP contribution is -2.24. The molecule has 1 aromatic heterocycles. The average Bonchev–Trinajstić information content (AvgIpc) is 2.73. The van der Waals surface area contributed by atoms with Crippen molar-refractivity contribution in [3.63, 3.8) is 0 Å². The molecule has 1 heterocycles. The topological polar surface area (TPSA) is 64.9 Å². The molecule has 0 spiro atoms. The van der Waals surface area contributed by atoms with Gasteiger partial charge in [-0.3, -0.25) is 0 Å². The van der Waals surface area contributed by atoms with Crippen LogP contribution in [0.4, 0.5) is 0 Å². The van der Waals surface area contributed by atoms with Crippen LogP contribution in [-0.4, -0.2) is 39.5 Å². The number of nitrogens with zero attached hydrogens (tertiary/aromatic N) is 4. The van der Waals surface area contributed by atoms with Crippen molar-refractivity contribution in [3.8, 4) is 0 Å². The molecule has 0 aromatic carbocycles. The van der Waals surface area contributed by atoms with E-state index in [2.05, 4.69) is 48.5 Å². The quantitative estimate of drug-likeness (QED) is 0.672. The molecule has 0 amide bonds. The zero-order valence-corrected chi connectivity index (χ0v) is 11.9. The van der Waals surface area contributed by atoms with Crippen LogP contribution in [0.5, 0.6) is 0 Å². The first-order valence-corrected chi connectivity index (χ1v) is 6.65. The molecular formula is C12H25N5O. The molecule has 0 aliphatic heterocycles. The van der Waals surface area contributed by atoms with E-state index in [0.29, 0.717) is 31.7 Å². The smallest absolute Gasteiger partial charge is 0.165 e. The first kappa shape index (κ1) is 15.0. The minimum absolute atomic E-state index is 0.428. The molecule has 1 aromatic rings. The molecule has 0 fully saturated rings. The van der Waals surface area contributed by atoms with Crippen molar-refractivity contribution in [1.82, 2.24) is 25.5 Å². The Balaban J connectivity index is 2.23. The van der Waals surface area contributed by atoms with E-state index in [-0.39, 0.29) is 0 Å². The highest BCUT2D eigenvalue weighted by atomic mass is 16.5. The maximum absolute atomic E-state index is 5.56. The van der Waals surface area contributed by atoms with E-state index >= 15 is 0 Å². The van der Waals surface area contributed by atoms with Gasteiger partial charge in [0.15, 0.2) is 5.82 Å². The summed E-state index contributed by atoms with van der Waals surface area (Å²) >= 11 is 0. The minimum atomic E-state index is 0.428. The zero-order chi connectivity index (χ0) is 13.4. The lowest BCUT2D eigenvalue weighted by molar-refractivity contribution is 0.113. The summed E-state index contributed by atoms with van der Waals surface area (Å²) in [5.41, 5.74) is 0. The van der Waals surface area contributed by atoms with E-state index in [1.165, 1.54) is 0 Å². The Labute approximate surface area is 109 Å². The number of hydrogen-bond donors (Lipinski definition) is 1. The Kier molecular flexibility index (Phi) is 6.82. The van der Waals surface area contributed by atoms with Gasteiger partial charge in [0.25, 0.3) is 0 Å². The second-order valence-corrected chi connectivity index (χ2v) is 5.15. The minimum Gasteiger partial charge on any atom is -0.380 e. The van der Waals surface area contributed by atoms with Gasteiger partial charge < -0.3 is 10.1 Å². The molecule has 0 atom stereocenters. The molecule has 1 N–H and O–H groups in total. The summed E-state index contributed by atoms with van der Waals surface area (Å²) in [6.07, 6.45) is 1.09. The van der Waals surface area contributed by atoms with Crippen LogP contribution in [-0.2, 0) is 17.8 Å². The fourth-order valence-electron chi connectivity index (χ4n) is 1.39. The Morgan fingerprint density at radius 2 is 2.00 bits per heavy atom. The average molecular weight is 255 g/mol. The highest BCUT2D eigenvalue weighted by Crippen LogP contribution is 1.99. The van der Waals surface area contributed by atoms with Crippen LogP contribution in [0.25, 0.3) is 0 Å². The number of aromatic nitrogens is 4. The van der Waals surface area contributed by atoms with E-state index in [4.69, 9.17) is 4.74 Å². The normalized spacial score (nSPS) is 11.7. The number of ether oxygens (including phenoxy) is 1. The Morgan fingerprint density at radius 3 is 2.67 bits per heavy atom. The highest BCUT2D eigenvalue weighted by Gasteiger charge is 2.06. The van der Waals surface area contributed by atoms with E-state index in [0.717, 1.165) is 18.9 Å². The molecule has 0 aliphatic carbocycles. The molecule has 1 rings (SSSR count). The van der Waals surface area contributed by atoms with Crippen LogP contribution in [0.1, 0.15) is 39.9 Å². The van der Waals surface area contributed by atoms with Crippen LogP contribution in [0.2, 0.25) is 0 Å². The number of nitrogens with one attached hydrogen (secondary N) is 1. The van der Waals surface area contributed by atoms with Crippen molar-refractivity contribution in [2.24, 2.45) is 5.92 Å². The second-order valence-electron chi connectivity index (χ2n) is 5.15. The summed E-state index contributed by atoms with van der Waals surface area (Å²) in [6.45, 7) is 11.5. The van der Waals surface area contributed by atoms with Gasteiger partial charge in [0.05, 0.1) is 19.7 Å². The first-order chi connectivity index (χ1) is 8.59. The van der Waals surface area contributed by atoms with E-state index in [1.807, 2.05) is 0 Å². The predicted octanol–water partition coefficient (Wildman–Crippen LogP) is 1.23. The van der Waals surface area contributed by atoms with E-state index < -0.39 is 0 Å². The van der Waals surface area contributed by atoms with Gasteiger partial charge in [-0.15, -0.1) is 5.10 Å². The fourth-order valence-corrected chi connectivity index (χ4v) is 1.39. The summed E-state index contributed by atoms with van der Waals surface area (Å²) in [5, 5.41) is 15.0. The summed E-state index contributed by atoms with van der Waals surface area (Å²) in [4.78, 5) is 0. The van der Waals surface area contributed by atoms with Crippen LogP contribution < -0.4 is 5.32 Å². The molecule has 0 saturated carbocycles. The summed E-state index contributed by atoms with van der Waals surface area (Å²) in [6, 6.07) is 0.428. The van der Waals surface area contributed by atoms with Crippen molar-refractivity contribution in [3.05, 3.63) is 5.82 Å². The molecule has 6 nitrogen and oxygen atoms in total. The maximum atomic E-state index is 5.56. The third-order valence-corrected chi connectivity index (χ3v) is 2.56. The van der Waals surface area contributed by atoms with E-state index in [1.54, 1.807) is 4.68 Å². The van der Waals surface area contributed by atoms with Gasteiger partial charge in [-0.05, 0) is 22.8 Å². The van der Waals surface area contributed by atoms with Crippen molar-refractivity contribution in [2.75, 3.05) is 13.2 Å². The van der Waals surface area contributed by atoms with Crippen molar-refractivity contribution >= 4 is 0 Å². The SMILES string of the molecule is CC(C)CCOCCn1nnnc1CNC(C)C. The van der Waals surface area contributed by atoms with Gasteiger partial charge in [-0.2, -0.15) is 0 Å². The van der Waals surface area contributed by atoms with E-state index in [9.17, 15) is 0 Å². The Hall–Kier alpha value is -1.01. The third kappa shape index (κ3) is 6.07. The van der Waals surface area contributed by atoms with Crippen molar-refractivity contribution < 1.29 is 4.74 Å². The van der Waals surface area contributed by atoms with Crippen LogP contribution >= 0.6 is 0 Å². The summed E-state index contributed by atoms with van der Waals surface area (Å²) in [7, 11) is 0. The Morgan fingerprint density at radius 1 is 1.22 bits per heavy atom. The van der Waals surface area contributed by atoms with Crippen LogP contribution in [0.3, 0.4) is 0 Å². The van der Waals surface area contributed by atoms with Gasteiger partial charge in [-0.1, -0.05) is 27.7 Å². The predicted molar refractivity (Wildman–Crippen MR) is 70.1 cm³/mol. The Bertz CT molecular complexity index is 324. The molecule has 0 radical (unpaired) electrons. The molecule has 0 unspecified atom stereocenters.